The monoisotopic (exact) mass is 388 g/mol. The van der Waals surface area contributed by atoms with Gasteiger partial charge in [-0.25, -0.2) is 4.98 Å². The van der Waals surface area contributed by atoms with Gasteiger partial charge in [-0.15, -0.1) is 0 Å². The molecule has 0 amide bonds. The number of aliphatic hydroxyl groups is 1. The molecule has 6 nitrogen and oxygen atoms in total. The summed E-state index contributed by atoms with van der Waals surface area (Å²) in [5, 5.41) is 17.2. The Kier molecular flexibility index (Phi) is 10.4. The van der Waals surface area contributed by atoms with E-state index in [0.717, 1.165) is 24.6 Å². The Labute approximate surface area is 145 Å². The molecule has 1 unspecified atom stereocenters. The van der Waals surface area contributed by atoms with Crippen molar-refractivity contribution in [3.63, 3.8) is 0 Å². The summed E-state index contributed by atoms with van der Waals surface area (Å²) in [7, 11) is 0. The number of nitrogen functional groups attached to an aromatic ring is 1. The van der Waals surface area contributed by atoms with Gasteiger partial charge in [-0.1, -0.05) is 0 Å². The van der Waals surface area contributed by atoms with Gasteiger partial charge in [-0.05, 0) is 25.1 Å². The molecule has 0 aromatic carbocycles. The maximum absolute atomic E-state index is 12.2. The molecule has 0 saturated heterocycles. The lowest BCUT2D eigenvalue weighted by Crippen LogP contribution is -2.43. The number of nitriles is 1. The van der Waals surface area contributed by atoms with E-state index in [0.29, 0.717) is 6.08 Å². The molecule has 0 bridgehead atoms. The molecular weight excluding hydrogens is 370 g/mol. The highest BCUT2D eigenvalue weighted by molar-refractivity contribution is 5.33. The van der Waals surface area contributed by atoms with E-state index < -0.39 is 29.9 Å². The number of ether oxygens (including phenoxy) is 1. The molecule has 1 aromatic rings. The van der Waals surface area contributed by atoms with E-state index in [1.165, 1.54) is 6.07 Å². The van der Waals surface area contributed by atoms with Gasteiger partial charge in [0.15, 0.2) is 5.60 Å². The average Bonchev–Trinajstić information content (AvgIpc) is 2.46. The third kappa shape index (κ3) is 8.54. The zero-order valence-electron chi connectivity index (χ0n) is 13.6. The van der Waals surface area contributed by atoms with Gasteiger partial charge in [0.05, 0.1) is 30.9 Å². The fourth-order valence-corrected chi connectivity index (χ4v) is 1.26. The number of hydrogen-bond acceptors (Lipinski definition) is 6. The second-order valence-corrected chi connectivity index (χ2v) is 4.48. The highest BCUT2D eigenvalue weighted by atomic mass is 19.4. The van der Waals surface area contributed by atoms with Crippen LogP contribution in [0.25, 0.3) is 0 Å². The summed E-state index contributed by atoms with van der Waals surface area (Å²) >= 11 is 0. The molecule has 0 fully saturated rings. The van der Waals surface area contributed by atoms with Crippen LogP contribution in [0.4, 0.5) is 32.2 Å². The number of pyridine rings is 1. The Morgan fingerprint density at radius 1 is 1.31 bits per heavy atom. The number of aromatic nitrogens is 1. The van der Waals surface area contributed by atoms with E-state index in [1.54, 1.807) is 6.92 Å². The van der Waals surface area contributed by atoms with E-state index in [4.69, 9.17) is 16.1 Å². The molecule has 1 aromatic heterocycles. The number of anilines is 1. The Morgan fingerprint density at radius 2 is 1.88 bits per heavy atom. The standard InChI is InChI=1S/C8H10F3NO2.C6H5F3N2.H3N/c1-2-14-6-4-7(13,3-5-12)8(9,10)11;7-6(8,9)4-1-2-11-5(10)3-4;/h4,6,13H,2-3H2,1H3;1-3H,(H2,10,11);1H3/b6-4+;;. The molecule has 26 heavy (non-hydrogen) atoms. The minimum atomic E-state index is -4.88. The third-order valence-corrected chi connectivity index (χ3v) is 2.55. The highest BCUT2D eigenvalue weighted by Crippen LogP contribution is 2.34. The summed E-state index contributed by atoms with van der Waals surface area (Å²) in [5.74, 6) is -0.125. The molecule has 1 heterocycles. The van der Waals surface area contributed by atoms with Crippen molar-refractivity contribution in [2.45, 2.75) is 31.3 Å². The summed E-state index contributed by atoms with van der Waals surface area (Å²) in [5.41, 5.74) is 1.14. The molecule has 0 radical (unpaired) electrons. The Bertz CT molecular complexity index is 613. The molecule has 0 aliphatic heterocycles. The van der Waals surface area contributed by atoms with Crippen molar-refractivity contribution in [1.29, 1.82) is 5.26 Å². The van der Waals surface area contributed by atoms with Gasteiger partial charge in [0.25, 0.3) is 0 Å². The molecule has 0 aliphatic rings. The van der Waals surface area contributed by atoms with Gasteiger partial charge in [0, 0.05) is 6.20 Å². The smallest absolute Gasteiger partial charge is 0.422 e. The maximum Gasteiger partial charge on any atom is 0.422 e. The van der Waals surface area contributed by atoms with Gasteiger partial charge < -0.3 is 21.7 Å². The van der Waals surface area contributed by atoms with Gasteiger partial charge in [-0.2, -0.15) is 31.6 Å². The Hall–Kier alpha value is -2.52. The van der Waals surface area contributed by atoms with Crippen molar-refractivity contribution < 1.29 is 36.2 Å². The number of hydrogen-bond donors (Lipinski definition) is 3. The van der Waals surface area contributed by atoms with Crippen LogP contribution in [-0.4, -0.2) is 28.5 Å². The van der Waals surface area contributed by atoms with Crippen LogP contribution in [0.15, 0.2) is 30.7 Å². The first-order chi connectivity index (χ1) is 11.4. The lowest BCUT2D eigenvalue weighted by molar-refractivity contribution is -0.238. The van der Waals surface area contributed by atoms with Gasteiger partial charge >= 0.3 is 12.4 Å². The van der Waals surface area contributed by atoms with E-state index in [9.17, 15) is 26.3 Å². The van der Waals surface area contributed by atoms with E-state index in [2.05, 4.69) is 9.72 Å². The number of alkyl halides is 6. The lowest BCUT2D eigenvalue weighted by Gasteiger charge is -2.24. The van der Waals surface area contributed by atoms with Gasteiger partial charge in [-0.3, -0.25) is 0 Å². The molecule has 0 saturated carbocycles. The van der Waals surface area contributed by atoms with Crippen LogP contribution in [0.3, 0.4) is 0 Å². The van der Waals surface area contributed by atoms with Crippen LogP contribution in [-0.2, 0) is 10.9 Å². The first kappa shape index (κ1) is 25.7. The summed E-state index contributed by atoms with van der Waals surface area (Å²) in [6.45, 7) is 1.78. The summed E-state index contributed by atoms with van der Waals surface area (Å²) < 4.78 is 76.8. The first-order valence-corrected chi connectivity index (χ1v) is 6.61. The SMILES string of the molecule is CCO/C=C/C(O)(CC#N)C(F)(F)F.N.Nc1cc(C(F)(F)F)ccn1. The second kappa shape index (κ2) is 10.5. The summed E-state index contributed by atoms with van der Waals surface area (Å²) in [4.78, 5) is 3.43. The molecule has 1 rings (SSSR count). The molecule has 148 valence electrons. The summed E-state index contributed by atoms with van der Waals surface area (Å²) in [6, 6.07) is 2.93. The Morgan fingerprint density at radius 3 is 2.23 bits per heavy atom. The predicted octanol–water partition coefficient (Wildman–Crippen LogP) is 3.59. The van der Waals surface area contributed by atoms with Gasteiger partial charge in [0.1, 0.15) is 5.82 Å². The van der Waals surface area contributed by atoms with Crippen molar-refractivity contribution in [3.05, 3.63) is 36.2 Å². The normalized spacial score (nSPS) is 13.7. The molecule has 1 atom stereocenters. The first-order valence-electron chi connectivity index (χ1n) is 6.61. The third-order valence-electron chi connectivity index (χ3n) is 2.55. The van der Waals surface area contributed by atoms with E-state index in [1.807, 2.05) is 0 Å². The predicted molar refractivity (Wildman–Crippen MR) is 80.7 cm³/mol. The van der Waals surface area contributed by atoms with Crippen molar-refractivity contribution in [2.24, 2.45) is 0 Å². The largest absolute Gasteiger partial charge is 0.502 e. The van der Waals surface area contributed by atoms with E-state index >= 15 is 0 Å². The van der Waals surface area contributed by atoms with Crippen LogP contribution in [0, 0.1) is 11.3 Å². The molecule has 6 N–H and O–H groups in total. The zero-order valence-corrected chi connectivity index (χ0v) is 13.6. The van der Waals surface area contributed by atoms with Gasteiger partial charge in [0.2, 0.25) is 0 Å². The van der Waals surface area contributed by atoms with Crippen molar-refractivity contribution in [1.82, 2.24) is 11.1 Å². The molecule has 0 aliphatic carbocycles. The fourth-order valence-electron chi connectivity index (χ4n) is 1.26. The second-order valence-electron chi connectivity index (χ2n) is 4.48. The quantitative estimate of drug-likeness (QED) is 0.534. The van der Waals surface area contributed by atoms with Crippen LogP contribution in [0.2, 0.25) is 0 Å². The highest BCUT2D eigenvalue weighted by Gasteiger charge is 2.52. The topological polar surface area (TPSA) is 127 Å². The minimum Gasteiger partial charge on any atom is -0.502 e. The van der Waals surface area contributed by atoms with Crippen molar-refractivity contribution in [2.75, 3.05) is 12.3 Å². The summed E-state index contributed by atoms with van der Waals surface area (Å²) in [6.07, 6.45) is -8.07. The fraction of sp³-hybridized carbons (Fsp3) is 0.429. The number of rotatable bonds is 4. The average molecular weight is 388 g/mol. The van der Waals surface area contributed by atoms with Crippen molar-refractivity contribution >= 4 is 5.82 Å². The van der Waals surface area contributed by atoms with E-state index in [-0.39, 0.29) is 18.6 Å². The molecule has 0 spiro atoms. The lowest BCUT2D eigenvalue weighted by atomic mass is 10.0. The van der Waals surface area contributed by atoms with Crippen LogP contribution in [0.1, 0.15) is 18.9 Å². The van der Waals surface area contributed by atoms with Crippen LogP contribution >= 0.6 is 0 Å². The van der Waals surface area contributed by atoms with Crippen LogP contribution in [0.5, 0.6) is 0 Å². The zero-order chi connectivity index (χ0) is 19.7. The van der Waals surface area contributed by atoms with Crippen LogP contribution < -0.4 is 11.9 Å². The molecular formula is C14H18F6N4O2. The maximum atomic E-state index is 12.2. The minimum absolute atomic E-state index is 0. The number of halogens is 6. The Balaban J connectivity index is 0. The van der Waals surface area contributed by atoms with Crippen molar-refractivity contribution in [3.8, 4) is 6.07 Å². The number of nitrogens with zero attached hydrogens (tertiary/aromatic N) is 2. The number of nitrogens with two attached hydrogens (primary N) is 1. The molecule has 12 heteroatoms.